The lowest BCUT2D eigenvalue weighted by molar-refractivity contribution is 0.0940. The molecule has 0 radical (unpaired) electrons. The molecule has 23 heavy (non-hydrogen) atoms. The molecule has 1 aromatic heterocycles. The van der Waals surface area contributed by atoms with Gasteiger partial charge in [0.15, 0.2) is 0 Å². The third kappa shape index (κ3) is 3.45. The van der Waals surface area contributed by atoms with Crippen LogP contribution in [0, 0.1) is 5.82 Å². The van der Waals surface area contributed by atoms with E-state index in [9.17, 15) is 9.18 Å². The minimum absolute atomic E-state index is 0.219. The zero-order valence-electron chi connectivity index (χ0n) is 12.6. The predicted molar refractivity (Wildman–Crippen MR) is 85.8 cm³/mol. The molecule has 0 aliphatic carbocycles. The highest BCUT2D eigenvalue weighted by Gasteiger charge is 2.13. The zero-order valence-corrected chi connectivity index (χ0v) is 12.6. The number of amides is 1. The van der Waals surface area contributed by atoms with E-state index in [1.807, 2.05) is 37.3 Å². The molecule has 1 N–H and O–H groups in total. The predicted octanol–water partition coefficient (Wildman–Crippen LogP) is 3.50. The molecule has 0 saturated heterocycles. The molecule has 3 rings (SSSR count). The van der Waals surface area contributed by atoms with Gasteiger partial charge in [-0.25, -0.2) is 9.07 Å². The molecular formula is C18H16FN3O. The molecule has 1 heterocycles. The maximum atomic E-state index is 12.9. The van der Waals surface area contributed by atoms with Gasteiger partial charge < -0.3 is 5.32 Å². The van der Waals surface area contributed by atoms with E-state index in [1.54, 1.807) is 23.0 Å². The molecule has 2 aromatic carbocycles. The number of nitrogens with zero attached hydrogens (tertiary/aromatic N) is 2. The number of carbonyl (C=O) groups excluding carboxylic acids is 1. The van der Waals surface area contributed by atoms with Crippen molar-refractivity contribution in [1.82, 2.24) is 15.1 Å². The van der Waals surface area contributed by atoms with Crippen LogP contribution in [0.5, 0.6) is 0 Å². The molecule has 0 bridgehead atoms. The smallest absolute Gasteiger partial charge is 0.254 e. The highest BCUT2D eigenvalue weighted by molar-refractivity contribution is 5.94. The summed E-state index contributed by atoms with van der Waals surface area (Å²) in [6.07, 6.45) is 3.21. The van der Waals surface area contributed by atoms with Crippen molar-refractivity contribution in [2.75, 3.05) is 0 Å². The lowest BCUT2D eigenvalue weighted by atomic mass is 10.1. The number of hydrogen-bond donors (Lipinski definition) is 1. The Balaban J connectivity index is 1.71. The van der Waals surface area contributed by atoms with Gasteiger partial charge in [0.05, 0.1) is 23.5 Å². The number of para-hydroxylation sites is 1. The van der Waals surface area contributed by atoms with E-state index in [-0.39, 0.29) is 17.8 Å². The summed E-state index contributed by atoms with van der Waals surface area (Å²) in [6, 6.07) is 15.4. The molecule has 5 heteroatoms. The average molecular weight is 309 g/mol. The van der Waals surface area contributed by atoms with Crippen LogP contribution < -0.4 is 5.32 Å². The summed E-state index contributed by atoms with van der Waals surface area (Å²) in [5.74, 6) is -0.513. The lowest BCUT2D eigenvalue weighted by Gasteiger charge is -2.13. The summed E-state index contributed by atoms with van der Waals surface area (Å²) in [7, 11) is 0. The van der Waals surface area contributed by atoms with E-state index in [0.29, 0.717) is 5.56 Å². The molecule has 1 atom stereocenters. The SMILES string of the molecule is CC(NC(=O)c1cnn(-c2ccccc2)c1)c1ccc(F)cc1. The molecule has 0 spiro atoms. The van der Waals surface area contributed by atoms with Gasteiger partial charge >= 0.3 is 0 Å². The fourth-order valence-corrected chi connectivity index (χ4v) is 2.28. The zero-order chi connectivity index (χ0) is 16.2. The van der Waals surface area contributed by atoms with Gasteiger partial charge in [-0.3, -0.25) is 4.79 Å². The highest BCUT2D eigenvalue weighted by atomic mass is 19.1. The van der Waals surface area contributed by atoms with Crippen LogP contribution in [-0.4, -0.2) is 15.7 Å². The first kappa shape index (κ1) is 15.0. The van der Waals surface area contributed by atoms with Crippen molar-refractivity contribution in [3.8, 4) is 5.69 Å². The number of rotatable bonds is 4. The van der Waals surface area contributed by atoms with Crippen LogP contribution in [0.15, 0.2) is 67.0 Å². The molecule has 3 aromatic rings. The second-order valence-electron chi connectivity index (χ2n) is 5.26. The van der Waals surface area contributed by atoms with E-state index in [0.717, 1.165) is 11.3 Å². The van der Waals surface area contributed by atoms with Crippen LogP contribution in [0.2, 0.25) is 0 Å². The number of hydrogen-bond acceptors (Lipinski definition) is 2. The van der Waals surface area contributed by atoms with Gasteiger partial charge in [0, 0.05) is 6.20 Å². The van der Waals surface area contributed by atoms with Crippen LogP contribution in [0.3, 0.4) is 0 Å². The molecule has 0 aliphatic rings. The fourth-order valence-electron chi connectivity index (χ4n) is 2.28. The summed E-state index contributed by atoms with van der Waals surface area (Å²) in [5, 5.41) is 7.09. The van der Waals surface area contributed by atoms with Gasteiger partial charge in [-0.2, -0.15) is 5.10 Å². The monoisotopic (exact) mass is 309 g/mol. The first-order valence-corrected chi connectivity index (χ1v) is 7.30. The number of halogens is 1. The third-order valence-corrected chi connectivity index (χ3v) is 3.58. The van der Waals surface area contributed by atoms with Gasteiger partial charge in [-0.15, -0.1) is 0 Å². The quantitative estimate of drug-likeness (QED) is 0.802. The Morgan fingerprint density at radius 2 is 1.83 bits per heavy atom. The second-order valence-corrected chi connectivity index (χ2v) is 5.26. The molecular weight excluding hydrogens is 293 g/mol. The Labute approximate surface area is 133 Å². The fraction of sp³-hybridized carbons (Fsp3) is 0.111. The Bertz CT molecular complexity index is 797. The average Bonchev–Trinajstić information content (AvgIpc) is 3.06. The number of carbonyl (C=O) groups is 1. The van der Waals surface area contributed by atoms with Crippen LogP contribution in [0.1, 0.15) is 28.9 Å². The van der Waals surface area contributed by atoms with Crippen LogP contribution in [0.4, 0.5) is 4.39 Å². The van der Waals surface area contributed by atoms with E-state index in [4.69, 9.17) is 0 Å². The van der Waals surface area contributed by atoms with Crippen molar-refractivity contribution in [3.63, 3.8) is 0 Å². The van der Waals surface area contributed by atoms with Crippen molar-refractivity contribution in [3.05, 3.63) is 83.9 Å². The van der Waals surface area contributed by atoms with Crippen molar-refractivity contribution in [2.24, 2.45) is 0 Å². The molecule has 4 nitrogen and oxygen atoms in total. The molecule has 0 saturated carbocycles. The van der Waals surface area contributed by atoms with Crippen molar-refractivity contribution in [2.45, 2.75) is 13.0 Å². The third-order valence-electron chi connectivity index (χ3n) is 3.58. The van der Waals surface area contributed by atoms with E-state index in [1.165, 1.54) is 18.3 Å². The summed E-state index contributed by atoms with van der Waals surface area (Å²) in [6.45, 7) is 1.85. The van der Waals surface area contributed by atoms with Gasteiger partial charge in [0.25, 0.3) is 5.91 Å². The van der Waals surface area contributed by atoms with Crippen LogP contribution >= 0.6 is 0 Å². The van der Waals surface area contributed by atoms with Crippen LogP contribution in [0.25, 0.3) is 5.69 Å². The van der Waals surface area contributed by atoms with Crippen molar-refractivity contribution >= 4 is 5.91 Å². The first-order chi connectivity index (χ1) is 11.1. The summed E-state index contributed by atoms with van der Waals surface area (Å²) < 4.78 is 14.6. The topological polar surface area (TPSA) is 46.9 Å². The van der Waals surface area contributed by atoms with Gasteiger partial charge in [-0.1, -0.05) is 30.3 Å². The molecule has 1 unspecified atom stereocenters. The normalized spacial score (nSPS) is 11.9. The largest absolute Gasteiger partial charge is 0.345 e. The van der Waals surface area contributed by atoms with E-state index in [2.05, 4.69) is 10.4 Å². The summed E-state index contributed by atoms with van der Waals surface area (Å²) in [5.41, 5.74) is 2.20. The number of benzene rings is 2. The number of aromatic nitrogens is 2. The first-order valence-electron chi connectivity index (χ1n) is 7.30. The van der Waals surface area contributed by atoms with Crippen molar-refractivity contribution in [1.29, 1.82) is 0 Å². The summed E-state index contributed by atoms with van der Waals surface area (Å²) in [4.78, 5) is 12.3. The minimum Gasteiger partial charge on any atom is -0.345 e. The van der Waals surface area contributed by atoms with Gasteiger partial charge in [0.1, 0.15) is 5.82 Å². The van der Waals surface area contributed by atoms with E-state index >= 15 is 0 Å². The molecule has 116 valence electrons. The van der Waals surface area contributed by atoms with Gasteiger partial charge in [-0.05, 0) is 36.8 Å². The molecule has 0 aliphatic heterocycles. The standard InChI is InChI=1S/C18H16FN3O/c1-13(14-7-9-16(19)10-8-14)21-18(23)15-11-20-22(12-15)17-5-3-2-4-6-17/h2-13H,1H3,(H,21,23). The Morgan fingerprint density at radius 1 is 1.13 bits per heavy atom. The minimum atomic E-state index is -0.295. The molecule has 1 amide bonds. The Hall–Kier alpha value is -2.95. The van der Waals surface area contributed by atoms with E-state index < -0.39 is 0 Å². The van der Waals surface area contributed by atoms with Crippen molar-refractivity contribution < 1.29 is 9.18 Å². The lowest BCUT2D eigenvalue weighted by Crippen LogP contribution is -2.26. The maximum Gasteiger partial charge on any atom is 0.254 e. The maximum absolute atomic E-state index is 12.9. The van der Waals surface area contributed by atoms with Crippen LogP contribution in [-0.2, 0) is 0 Å². The second kappa shape index (κ2) is 6.44. The summed E-state index contributed by atoms with van der Waals surface area (Å²) >= 11 is 0. The molecule has 0 fully saturated rings. The Morgan fingerprint density at radius 3 is 2.52 bits per heavy atom. The Kier molecular flexibility index (Phi) is 4.19. The number of nitrogens with one attached hydrogen (secondary N) is 1. The van der Waals surface area contributed by atoms with Gasteiger partial charge in [0.2, 0.25) is 0 Å². The highest BCUT2D eigenvalue weighted by Crippen LogP contribution is 2.14.